The third kappa shape index (κ3) is 4.51. The second-order valence-corrected chi connectivity index (χ2v) is 8.90. The van der Waals surface area contributed by atoms with Crippen LogP contribution in [0.4, 0.5) is 0 Å². The van der Waals surface area contributed by atoms with Gasteiger partial charge in [0.05, 0.1) is 34.8 Å². The Morgan fingerprint density at radius 1 is 1.25 bits per heavy atom. The van der Waals surface area contributed by atoms with Gasteiger partial charge in [0.15, 0.2) is 0 Å². The topological polar surface area (TPSA) is 115 Å². The van der Waals surface area contributed by atoms with E-state index in [2.05, 4.69) is 11.2 Å². The van der Waals surface area contributed by atoms with Crippen molar-refractivity contribution in [2.24, 2.45) is 0 Å². The van der Waals surface area contributed by atoms with Crippen molar-refractivity contribution >= 4 is 27.6 Å². The van der Waals surface area contributed by atoms with Crippen LogP contribution in [0.3, 0.4) is 0 Å². The number of carbonyl (C=O) groups is 1. The van der Waals surface area contributed by atoms with E-state index in [0.717, 1.165) is 6.07 Å². The number of hydrogen-bond acceptors (Lipinski definition) is 7. The zero-order valence-corrected chi connectivity index (χ0v) is 19.0. The molecule has 0 unspecified atom stereocenters. The molecule has 0 fully saturated rings. The summed E-state index contributed by atoms with van der Waals surface area (Å²) in [6.07, 6.45) is 0. The monoisotopic (exact) mass is 474 g/mol. The minimum Gasteiger partial charge on any atom is -0.456 e. The summed E-state index contributed by atoms with van der Waals surface area (Å²) in [7, 11) is -1.69. The average Bonchev–Trinajstić information content (AvgIpc) is 3.12. The minimum absolute atomic E-state index is 0.0292. The largest absolute Gasteiger partial charge is 0.456 e. The van der Waals surface area contributed by atoms with E-state index >= 15 is 0 Å². The van der Waals surface area contributed by atoms with Crippen LogP contribution >= 0.6 is 11.6 Å². The molecule has 0 aliphatic rings. The van der Waals surface area contributed by atoms with Gasteiger partial charge in [0, 0.05) is 7.05 Å². The molecule has 0 aliphatic carbocycles. The Morgan fingerprint density at radius 2 is 1.94 bits per heavy atom. The fraction of sp³-hybridized carbons (Fsp3) is 0.190. The minimum atomic E-state index is -4.08. The maximum atomic E-state index is 12.7. The first kappa shape index (κ1) is 23.4. The molecule has 0 N–H and O–H groups in total. The summed E-state index contributed by atoms with van der Waals surface area (Å²) in [4.78, 5) is 17.1. The van der Waals surface area contributed by atoms with Crippen LogP contribution in [0.1, 0.15) is 27.3 Å². The molecular weight excluding hydrogens is 456 g/mol. The molecular formula is C21H19ClN4O5S. The van der Waals surface area contributed by atoms with Crippen molar-refractivity contribution in [3.05, 3.63) is 76.1 Å². The Morgan fingerprint density at radius 3 is 2.56 bits per heavy atom. The van der Waals surface area contributed by atoms with Gasteiger partial charge >= 0.3 is 5.97 Å². The molecule has 0 atom stereocenters. The van der Waals surface area contributed by atoms with Crippen molar-refractivity contribution in [3.63, 3.8) is 0 Å². The number of esters is 1. The average molecular weight is 475 g/mol. The van der Waals surface area contributed by atoms with Crippen molar-refractivity contribution in [1.29, 1.82) is 5.26 Å². The van der Waals surface area contributed by atoms with E-state index in [4.69, 9.17) is 21.2 Å². The predicted molar refractivity (Wildman–Crippen MR) is 116 cm³/mol. The molecule has 1 aromatic heterocycles. The molecule has 0 saturated carbocycles. The zero-order chi connectivity index (χ0) is 23.5. The Labute approximate surface area is 190 Å². The Balaban J connectivity index is 1.91. The molecule has 1 heterocycles. The summed E-state index contributed by atoms with van der Waals surface area (Å²) in [5.74, 6) is -0.791. The number of para-hydroxylation sites is 1. The van der Waals surface area contributed by atoms with Crippen LogP contribution in [0.5, 0.6) is 0 Å². The van der Waals surface area contributed by atoms with Crippen LogP contribution in [0, 0.1) is 18.3 Å². The first-order valence-corrected chi connectivity index (χ1v) is 11.1. The van der Waals surface area contributed by atoms with Gasteiger partial charge in [-0.25, -0.2) is 17.9 Å². The number of carbonyl (C=O) groups excluding carboxylic acids is 1. The number of aryl methyl sites for hydroxylation is 1. The van der Waals surface area contributed by atoms with Gasteiger partial charge in [-0.1, -0.05) is 34.3 Å². The molecule has 166 valence electrons. The molecule has 32 heavy (non-hydrogen) atoms. The highest BCUT2D eigenvalue weighted by molar-refractivity contribution is 7.89. The number of hydrogen-bond donors (Lipinski definition) is 0. The summed E-state index contributed by atoms with van der Waals surface area (Å²) in [6, 6.07) is 14.9. The number of benzene rings is 2. The fourth-order valence-corrected chi connectivity index (χ4v) is 4.39. The molecule has 2 aromatic carbocycles. The molecule has 0 spiro atoms. The lowest BCUT2D eigenvalue weighted by atomic mass is 10.2. The van der Waals surface area contributed by atoms with E-state index in [0.29, 0.717) is 27.1 Å². The lowest BCUT2D eigenvalue weighted by Gasteiger charge is -2.15. The number of ether oxygens (including phenoxy) is 1. The Bertz CT molecular complexity index is 1300. The summed E-state index contributed by atoms with van der Waals surface area (Å²) in [5, 5.41) is 13.8. The van der Waals surface area contributed by atoms with Gasteiger partial charge in [-0.15, -0.1) is 0 Å². The number of nitrogens with zero attached hydrogens (tertiary/aromatic N) is 4. The number of rotatable bonds is 7. The maximum absolute atomic E-state index is 12.7. The van der Waals surface area contributed by atoms with E-state index in [9.17, 15) is 18.5 Å². The van der Waals surface area contributed by atoms with Crippen LogP contribution in [-0.2, 0) is 26.2 Å². The highest BCUT2D eigenvalue weighted by Crippen LogP contribution is 2.26. The highest BCUT2D eigenvalue weighted by Gasteiger charge is 2.26. The first-order chi connectivity index (χ1) is 15.2. The zero-order valence-electron chi connectivity index (χ0n) is 17.4. The smallest absolute Gasteiger partial charge is 0.338 e. The van der Waals surface area contributed by atoms with Gasteiger partial charge in [-0.2, -0.15) is 10.4 Å². The third-order valence-corrected chi connectivity index (χ3v) is 6.81. The van der Waals surface area contributed by atoms with Crippen LogP contribution < -0.4 is 0 Å². The van der Waals surface area contributed by atoms with Crippen molar-refractivity contribution in [1.82, 2.24) is 14.2 Å². The van der Waals surface area contributed by atoms with E-state index in [1.807, 2.05) is 30.3 Å². The van der Waals surface area contributed by atoms with Gasteiger partial charge in [-0.3, -0.25) is 4.84 Å². The molecule has 0 saturated heterocycles. The lowest BCUT2D eigenvalue weighted by Crippen LogP contribution is -2.26. The van der Waals surface area contributed by atoms with E-state index in [1.54, 1.807) is 6.92 Å². The standard InChI is InChI=1S/C21H19ClN4O5S/c1-14-17(12-23)19(26(24-14)16-7-5-4-6-8-16)13-31-21(27)15-9-10-18(22)20(11-15)32(28,29)25(2)30-3/h4-11H,13H2,1-3H3. The van der Waals surface area contributed by atoms with Crippen molar-refractivity contribution in [2.75, 3.05) is 14.2 Å². The van der Waals surface area contributed by atoms with Gasteiger partial charge in [0.2, 0.25) is 0 Å². The van der Waals surface area contributed by atoms with Gasteiger partial charge in [-0.05, 0) is 37.3 Å². The van der Waals surface area contributed by atoms with E-state index in [-0.39, 0.29) is 22.1 Å². The maximum Gasteiger partial charge on any atom is 0.338 e. The van der Waals surface area contributed by atoms with E-state index in [1.165, 1.54) is 31.0 Å². The molecule has 0 radical (unpaired) electrons. The molecule has 0 bridgehead atoms. The lowest BCUT2D eigenvalue weighted by molar-refractivity contribution is -0.0258. The SMILES string of the molecule is CON(C)S(=O)(=O)c1cc(C(=O)OCc2c(C#N)c(C)nn2-c2ccccc2)ccc1Cl. The molecule has 9 nitrogen and oxygen atoms in total. The van der Waals surface area contributed by atoms with Crippen LogP contribution in [-0.4, -0.2) is 42.8 Å². The third-order valence-electron chi connectivity index (χ3n) is 4.65. The van der Waals surface area contributed by atoms with E-state index < -0.39 is 16.0 Å². The molecule has 0 aliphatic heterocycles. The summed E-state index contributed by atoms with van der Waals surface area (Å²) >= 11 is 6.03. The number of sulfonamides is 1. The fourth-order valence-electron chi connectivity index (χ4n) is 2.92. The van der Waals surface area contributed by atoms with Crippen LogP contribution in [0.25, 0.3) is 5.69 Å². The van der Waals surface area contributed by atoms with Crippen molar-refractivity contribution in [2.45, 2.75) is 18.4 Å². The van der Waals surface area contributed by atoms with Crippen LogP contribution in [0.15, 0.2) is 53.4 Å². The van der Waals surface area contributed by atoms with Crippen molar-refractivity contribution in [3.8, 4) is 11.8 Å². The number of hydroxylamine groups is 1. The van der Waals surface area contributed by atoms with Gasteiger partial charge in [0.25, 0.3) is 10.0 Å². The van der Waals surface area contributed by atoms with Crippen molar-refractivity contribution < 1.29 is 22.8 Å². The highest BCUT2D eigenvalue weighted by atomic mass is 35.5. The molecule has 0 amide bonds. The molecule has 3 aromatic rings. The van der Waals surface area contributed by atoms with Crippen LogP contribution in [0.2, 0.25) is 5.02 Å². The second-order valence-electron chi connectivity index (χ2n) is 6.58. The Hall–Kier alpha value is -3.23. The second kappa shape index (κ2) is 9.50. The first-order valence-electron chi connectivity index (χ1n) is 9.24. The Kier molecular flexibility index (Phi) is 6.96. The molecule has 3 rings (SSSR count). The number of halogens is 1. The summed E-state index contributed by atoms with van der Waals surface area (Å²) in [5.41, 5.74) is 1.85. The quantitative estimate of drug-likeness (QED) is 0.381. The summed E-state index contributed by atoms with van der Waals surface area (Å²) < 4.78 is 32.6. The predicted octanol–water partition coefficient (Wildman–Crippen LogP) is 3.24. The van der Waals surface area contributed by atoms with Gasteiger partial charge < -0.3 is 4.74 Å². The molecule has 11 heteroatoms. The normalized spacial score (nSPS) is 11.4. The number of nitriles is 1. The van der Waals surface area contributed by atoms with Gasteiger partial charge in [0.1, 0.15) is 23.1 Å². The number of aromatic nitrogens is 2. The summed E-state index contributed by atoms with van der Waals surface area (Å²) in [6.45, 7) is 1.44.